The maximum Gasteiger partial charge on any atom is 0.392 e. The van der Waals surface area contributed by atoms with E-state index in [2.05, 4.69) is 4.74 Å². The zero-order valence-electron chi connectivity index (χ0n) is 6.35. The molecule has 0 aromatic heterocycles. The first-order chi connectivity index (χ1) is 5.91. The highest BCUT2D eigenvalue weighted by molar-refractivity contribution is 5.49. The van der Waals surface area contributed by atoms with Crippen molar-refractivity contribution in [3.05, 3.63) is 0 Å². The molecule has 2 nitrogen and oxygen atoms in total. The summed E-state index contributed by atoms with van der Waals surface area (Å²) in [4.78, 5) is 9.63. The standard InChI is InChI=1S/C6H7F5O2/c7-4(5(8)9)6(10,11)13-3-1-2-12/h2,4-5H,1,3H2. The highest BCUT2D eigenvalue weighted by Gasteiger charge is 2.47. The van der Waals surface area contributed by atoms with Gasteiger partial charge in [0.05, 0.1) is 6.61 Å². The summed E-state index contributed by atoms with van der Waals surface area (Å²) in [5.74, 6) is 0. The van der Waals surface area contributed by atoms with Crippen LogP contribution < -0.4 is 0 Å². The van der Waals surface area contributed by atoms with Crippen molar-refractivity contribution in [3.63, 3.8) is 0 Å². The fraction of sp³-hybridized carbons (Fsp3) is 0.833. The molecule has 0 saturated carbocycles. The molecule has 13 heavy (non-hydrogen) atoms. The van der Waals surface area contributed by atoms with Gasteiger partial charge in [0, 0.05) is 6.42 Å². The van der Waals surface area contributed by atoms with Gasteiger partial charge in [0.15, 0.2) is 0 Å². The Morgan fingerprint density at radius 2 is 1.85 bits per heavy atom. The van der Waals surface area contributed by atoms with E-state index in [1.807, 2.05) is 0 Å². The molecule has 0 aromatic rings. The summed E-state index contributed by atoms with van der Waals surface area (Å²) >= 11 is 0. The first kappa shape index (κ1) is 12.3. The molecule has 0 spiro atoms. The quantitative estimate of drug-likeness (QED) is 0.376. The number of carbonyl (C=O) groups excluding carboxylic acids is 1. The number of hydrogen-bond donors (Lipinski definition) is 0. The Morgan fingerprint density at radius 3 is 2.23 bits per heavy atom. The molecule has 0 aliphatic rings. The van der Waals surface area contributed by atoms with Gasteiger partial charge in [0.25, 0.3) is 12.6 Å². The predicted molar refractivity (Wildman–Crippen MR) is 32.5 cm³/mol. The number of carbonyl (C=O) groups is 1. The molecule has 78 valence electrons. The molecule has 0 aliphatic heterocycles. The monoisotopic (exact) mass is 206 g/mol. The molecule has 0 saturated heterocycles. The summed E-state index contributed by atoms with van der Waals surface area (Å²) in [7, 11) is 0. The second kappa shape index (κ2) is 5.11. The lowest BCUT2D eigenvalue weighted by Gasteiger charge is -2.19. The summed E-state index contributed by atoms with van der Waals surface area (Å²) in [6.45, 7) is -0.788. The van der Waals surface area contributed by atoms with Crippen LogP contribution in [0.3, 0.4) is 0 Å². The summed E-state index contributed by atoms with van der Waals surface area (Å²) < 4.78 is 62.7. The maximum atomic E-state index is 12.2. The van der Waals surface area contributed by atoms with Gasteiger partial charge in [0.1, 0.15) is 6.29 Å². The van der Waals surface area contributed by atoms with Crippen molar-refractivity contribution >= 4 is 6.29 Å². The molecule has 0 aliphatic carbocycles. The zero-order chi connectivity index (χ0) is 10.5. The Morgan fingerprint density at radius 1 is 1.31 bits per heavy atom. The lowest BCUT2D eigenvalue weighted by atomic mass is 10.4. The van der Waals surface area contributed by atoms with E-state index in [1.165, 1.54) is 0 Å². The van der Waals surface area contributed by atoms with Crippen molar-refractivity contribution in [2.24, 2.45) is 0 Å². The SMILES string of the molecule is O=CCCOC(F)(F)C(F)C(F)F. The Kier molecular flexibility index (Phi) is 4.82. The number of aldehydes is 1. The lowest BCUT2D eigenvalue weighted by molar-refractivity contribution is -0.291. The molecule has 0 aromatic carbocycles. The van der Waals surface area contributed by atoms with Gasteiger partial charge in [-0.1, -0.05) is 0 Å². The number of alkyl halides is 5. The minimum atomic E-state index is -4.54. The third-order valence-corrected chi connectivity index (χ3v) is 1.07. The smallest absolute Gasteiger partial charge is 0.318 e. The van der Waals surface area contributed by atoms with Crippen molar-refractivity contribution in [2.75, 3.05) is 6.61 Å². The van der Waals surface area contributed by atoms with E-state index in [-0.39, 0.29) is 6.29 Å². The van der Waals surface area contributed by atoms with Crippen LogP contribution in [0.1, 0.15) is 6.42 Å². The molecule has 1 atom stereocenters. The first-order valence-corrected chi connectivity index (χ1v) is 3.29. The Labute approximate surface area is 70.7 Å². The molecular weight excluding hydrogens is 199 g/mol. The van der Waals surface area contributed by atoms with E-state index in [0.717, 1.165) is 0 Å². The molecule has 0 fully saturated rings. The highest BCUT2D eigenvalue weighted by Crippen LogP contribution is 2.27. The van der Waals surface area contributed by atoms with Crippen LogP contribution in [0.4, 0.5) is 22.0 Å². The summed E-state index contributed by atoms with van der Waals surface area (Å²) in [6.07, 6.45) is -12.2. The summed E-state index contributed by atoms with van der Waals surface area (Å²) in [6, 6.07) is 0. The van der Waals surface area contributed by atoms with Crippen LogP contribution in [0.5, 0.6) is 0 Å². The largest absolute Gasteiger partial charge is 0.392 e. The van der Waals surface area contributed by atoms with Crippen LogP contribution in [0.25, 0.3) is 0 Å². The van der Waals surface area contributed by atoms with E-state index in [1.54, 1.807) is 0 Å². The van der Waals surface area contributed by atoms with Crippen LogP contribution in [-0.2, 0) is 9.53 Å². The first-order valence-electron chi connectivity index (χ1n) is 3.29. The van der Waals surface area contributed by atoms with E-state index in [9.17, 15) is 26.7 Å². The fourth-order valence-corrected chi connectivity index (χ4v) is 0.469. The lowest BCUT2D eigenvalue weighted by Crippen LogP contribution is -2.38. The molecule has 1 unspecified atom stereocenters. The highest BCUT2D eigenvalue weighted by atomic mass is 19.3. The van der Waals surface area contributed by atoms with Gasteiger partial charge >= 0.3 is 6.11 Å². The van der Waals surface area contributed by atoms with Gasteiger partial charge in [-0.3, -0.25) is 0 Å². The van der Waals surface area contributed by atoms with Crippen molar-refractivity contribution in [3.8, 4) is 0 Å². The van der Waals surface area contributed by atoms with Gasteiger partial charge < -0.3 is 9.53 Å². The average Bonchev–Trinajstić information content (AvgIpc) is 2.03. The van der Waals surface area contributed by atoms with Crippen LogP contribution in [0.2, 0.25) is 0 Å². The maximum absolute atomic E-state index is 12.2. The predicted octanol–water partition coefficient (Wildman–Crippen LogP) is 1.79. The minimum Gasteiger partial charge on any atom is -0.318 e. The van der Waals surface area contributed by atoms with E-state index < -0.39 is 31.7 Å². The molecule has 7 heteroatoms. The fourth-order valence-electron chi connectivity index (χ4n) is 0.469. The Hall–Kier alpha value is -0.720. The molecule has 0 bridgehead atoms. The topological polar surface area (TPSA) is 26.3 Å². The molecule has 0 rings (SSSR count). The third kappa shape index (κ3) is 4.16. The zero-order valence-corrected chi connectivity index (χ0v) is 6.35. The van der Waals surface area contributed by atoms with Crippen molar-refractivity contribution in [2.45, 2.75) is 25.1 Å². The minimum absolute atomic E-state index is 0.256. The van der Waals surface area contributed by atoms with Crippen LogP contribution in [-0.4, -0.2) is 31.6 Å². The van der Waals surface area contributed by atoms with Crippen LogP contribution >= 0.6 is 0 Å². The third-order valence-electron chi connectivity index (χ3n) is 1.07. The molecule has 0 heterocycles. The summed E-state index contributed by atoms with van der Waals surface area (Å²) in [5.41, 5.74) is 0. The normalized spacial score (nSPS) is 14.6. The Balaban J connectivity index is 3.97. The Bertz CT molecular complexity index is 161. The number of ether oxygens (including phenoxy) is 1. The molecule has 0 amide bonds. The second-order valence-corrected chi connectivity index (χ2v) is 2.10. The van der Waals surface area contributed by atoms with Crippen molar-refractivity contribution < 1.29 is 31.5 Å². The number of halogens is 5. The van der Waals surface area contributed by atoms with Crippen LogP contribution in [0, 0.1) is 0 Å². The number of rotatable bonds is 6. The molecule has 0 N–H and O–H groups in total. The van der Waals surface area contributed by atoms with Crippen molar-refractivity contribution in [1.29, 1.82) is 0 Å². The average molecular weight is 206 g/mol. The van der Waals surface area contributed by atoms with Gasteiger partial charge in [-0.2, -0.15) is 8.78 Å². The van der Waals surface area contributed by atoms with E-state index in [0.29, 0.717) is 0 Å². The van der Waals surface area contributed by atoms with Gasteiger partial charge in [0.2, 0.25) is 0 Å². The van der Waals surface area contributed by atoms with Crippen LogP contribution in [0.15, 0.2) is 0 Å². The van der Waals surface area contributed by atoms with E-state index in [4.69, 9.17) is 0 Å². The van der Waals surface area contributed by atoms with Gasteiger partial charge in [-0.05, 0) is 0 Å². The second-order valence-electron chi connectivity index (χ2n) is 2.10. The van der Waals surface area contributed by atoms with E-state index >= 15 is 0 Å². The molecular formula is C6H7F5O2. The van der Waals surface area contributed by atoms with Crippen molar-refractivity contribution in [1.82, 2.24) is 0 Å². The molecule has 0 radical (unpaired) electrons. The summed E-state index contributed by atoms with van der Waals surface area (Å²) in [5, 5.41) is 0. The number of hydrogen-bond acceptors (Lipinski definition) is 2. The van der Waals surface area contributed by atoms with Gasteiger partial charge in [-0.25, -0.2) is 13.2 Å². The van der Waals surface area contributed by atoms with Gasteiger partial charge in [-0.15, -0.1) is 0 Å².